The van der Waals surface area contributed by atoms with Gasteiger partial charge in [0.15, 0.2) is 11.5 Å². The molecule has 6 nitrogen and oxygen atoms in total. The summed E-state index contributed by atoms with van der Waals surface area (Å²) in [6.07, 6.45) is 2.23. The summed E-state index contributed by atoms with van der Waals surface area (Å²) in [6, 6.07) is 17.2. The van der Waals surface area contributed by atoms with E-state index in [0.29, 0.717) is 6.04 Å². The molecular weight excluding hydrogens is 368 g/mol. The summed E-state index contributed by atoms with van der Waals surface area (Å²) in [5, 5.41) is 21.0. The molecule has 142 valence electrons. The Hall–Kier alpha value is -2.77. The Bertz CT molecular complexity index is 1040. The number of hydrogen-bond donors (Lipinski definition) is 1. The second-order valence-corrected chi connectivity index (χ2v) is 7.98. The summed E-state index contributed by atoms with van der Waals surface area (Å²) >= 11 is 1.65. The highest BCUT2D eigenvalue weighted by Crippen LogP contribution is 2.22. The molecule has 0 radical (unpaired) electrons. The van der Waals surface area contributed by atoms with Crippen molar-refractivity contribution in [2.45, 2.75) is 25.4 Å². The molecule has 0 spiro atoms. The first-order valence-corrected chi connectivity index (χ1v) is 10.6. The van der Waals surface area contributed by atoms with Crippen LogP contribution in [0.2, 0.25) is 0 Å². The minimum atomic E-state index is 0.443. The Kier molecular flexibility index (Phi) is 4.76. The van der Waals surface area contributed by atoms with Gasteiger partial charge in [-0.15, -0.1) is 15.3 Å². The van der Waals surface area contributed by atoms with Crippen molar-refractivity contribution >= 4 is 22.8 Å². The highest BCUT2D eigenvalue weighted by molar-refractivity contribution is 7.08. The number of hydrogen-bond acceptors (Lipinski definition) is 6. The third kappa shape index (κ3) is 3.63. The number of piperidine rings is 1. The van der Waals surface area contributed by atoms with E-state index in [1.807, 2.05) is 28.1 Å². The lowest BCUT2D eigenvalue weighted by Gasteiger charge is -2.32. The zero-order valence-corrected chi connectivity index (χ0v) is 16.3. The molecule has 1 fully saturated rings. The number of fused-ring (bicyclic) bond motifs is 1. The van der Waals surface area contributed by atoms with Crippen molar-refractivity contribution in [3.05, 3.63) is 64.9 Å². The van der Waals surface area contributed by atoms with Gasteiger partial charge < -0.3 is 5.32 Å². The first-order chi connectivity index (χ1) is 13.8. The average Bonchev–Trinajstić information content (AvgIpc) is 3.39. The minimum Gasteiger partial charge on any atom is -0.366 e. The number of nitrogens with zero attached hydrogens (tertiary/aromatic N) is 5. The number of benzene rings is 1. The molecule has 7 heteroatoms. The van der Waals surface area contributed by atoms with Gasteiger partial charge in [0.2, 0.25) is 0 Å². The Labute approximate surface area is 167 Å². The van der Waals surface area contributed by atoms with Gasteiger partial charge in [-0.25, -0.2) is 0 Å². The van der Waals surface area contributed by atoms with E-state index in [4.69, 9.17) is 5.10 Å². The number of aromatic nitrogens is 4. The van der Waals surface area contributed by atoms with Crippen LogP contribution in [0.25, 0.3) is 17.0 Å². The molecule has 28 heavy (non-hydrogen) atoms. The zero-order valence-electron chi connectivity index (χ0n) is 15.5. The van der Waals surface area contributed by atoms with Crippen LogP contribution in [-0.4, -0.2) is 43.8 Å². The highest BCUT2D eigenvalue weighted by atomic mass is 32.1. The zero-order chi connectivity index (χ0) is 18.8. The number of likely N-dealkylation sites (tertiary alicyclic amines) is 1. The topological polar surface area (TPSA) is 58.3 Å². The van der Waals surface area contributed by atoms with E-state index in [1.54, 1.807) is 11.3 Å². The minimum absolute atomic E-state index is 0.443. The maximum Gasteiger partial charge on any atom is 0.186 e. The largest absolute Gasteiger partial charge is 0.366 e. The molecule has 5 rings (SSSR count). The molecule has 0 saturated carbocycles. The molecule has 4 heterocycles. The fraction of sp³-hybridized carbons (Fsp3) is 0.286. The summed E-state index contributed by atoms with van der Waals surface area (Å²) < 4.78 is 1.83. The summed E-state index contributed by atoms with van der Waals surface area (Å²) in [4.78, 5) is 2.53. The van der Waals surface area contributed by atoms with E-state index in [2.05, 4.69) is 56.1 Å². The van der Waals surface area contributed by atoms with Crippen LogP contribution in [0.4, 0.5) is 5.82 Å². The number of rotatable bonds is 5. The van der Waals surface area contributed by atoms with Crippen molar-refractivity contribution in [3.63, 3.8) is 0 Å². The fourth-order valence-electron chi connectivity index (χ4n) is 3.72. The first-order valence-electron chi connectivity index (χ1n) is 9.63. The van der Waals surface area contributed by atoms with Crippen LogP contribution in [0.1, 0.15) is 18.4 Å². The van der Waals surface area contributed by atoms with Crippen molar-refractivity contribution in [3.8, 4) is 11.4 Å². The maximum atomic E-state index is 4.74. The van der Waals surface area contributed by atoms with Crippen LogP contribution >= 0.6 is 11.3 Å². The molecule has 0 unspecified atom stereocenters. The summed E-state index contributed by atoms with van der Waals surface area (Å²) in [5.41, 5.74) is 3.20. The number of thiophene rings is 1. The Balaban J connectivity index is 1.24. The fourth-order valence-corrected chi connectivity index (χ4v) is 4.36. The molecule has 1 aromatic carbocycles. The standard InChI is InChI=1S/C21H22N6S/c1-2-4-16(5-3-1)14-26-11-8-18(9-12-26)22-19-6-7-20-23-24-21(27(20)25-19)17-10-13-28-15-17/h1-7,10,13,15,18H,8-9,11-12,14H2,(H,22,25). The summed E-state index contributed by atoms with van der Waals surface area (Å²) in [5.74, 6) is 1.67. The van der Waals surface area contributed by atoms with Gasteiger partial charge in [-0.05, 0) is 42.0 Å². The van der Waals surface area contributed by atoms with Crippen molar-refractivity contribution in [1.29, 1.82) is 0 Å². The van der Waals surface area contributed by atoms with Gasteiger partial charge in [0.05, 0.1) is 0 Å². The monoisotopic (exact) mass is 390 g/mol. The molecule has 1 aliphatic heterocycles. The van der Waals surface area contributed by atoms with E-state index in [0.717, 1.165) is 55.3 Å². The molecule has 0 atom stereocenters. The van der Waals surface area contributed by atoms with Gasteiger partial charge in [0.1, 0.15) is 5.82 Å². The van der Waals surface area contributed by atoms with Crippen molar-refractivity contribution in [2.24, 2.45) is 0 Å². The SMILES string of the molecule is c1ccc(CN2CCC(Nc3ccc4nnc(-c5ccsc5)n4n3)CC2)cc1. The molecule has 0 aliphatic carbocycles. The molecule has 1 N–H and O–H groups in total. The second kappa shape index (κ2) is 7.69. The predicted octanol–water partition coefficient (Wildman–Crippen LogP) is 3.93. The van der Waals surface area contributed by atoms with E-state index in [1.165, 1.54) is 5.56 Å². The summed E-state index contributed by atoms with van der Waals surface area (Å²) in [7, 11) is 0. The normalized spacial score (nSPS) is 15.9. The highest BCUT2D eigenvalue weighted by Gasteiger charge is 2.20. The van der Waals surface area contributed by atoms with Crippen molar-refractivity contribution in [2.75, 3.05) is 18.4 Å². The molecule has 4 aromatic rings. The lowest BCUT2D eigenvalue weighted by atomic mass is 10.0. The van der Waals surface area contributed by atoms with Gasteiger partial charge in [0.25, 0.3) is 0 Å². The second-order valence-electron chi connectivity index (χ2n) is 7.20. The molecule has 0 amide bonds. The van der Waals surface area contributed by atoms with Crippen LogP contribution in [0.5, 0.6) is 0 Å². The third-order valence-corrected chi connectivity index (χ3v) is 5.91. The smallest absolute Gasteiger partial charge is 0.186 e. The Morgan fingerprint density at radius 2 is 1.86 bits per heavy atom. The lowest BCUT2D eigenvalue weighted by molar-refractivity contribution is 0.211. The number of nitrogens with one attached hydrogen (secondary N) is 1. The van der Waals surface area contributed by atoms with Crippen LogP contribution < -0.4 is 5.32 Å². The average molecular weight is 391 g/mol. The van der Waals surface area contributed by atoms with Crippen LogP contribution in [0, 0.1) is 0 Å². The van der Waals surface area contributed by atoms with Crippen LogP contribution in [0.15, 0.2) is 59.3 Å². The molecule has 1 aliphatic rings. The van der Waals surface area contributed by atoms with E-state index in [-0.39, 0.29) is 0 Å². The molecule has 0 bridgehead atoms. The number of anilines is 1. The van der Waals surface area contributed by atoms with E-state index in [9.17, 15) is 0 Å². The van der Waals surface area contributed by atoms with E-state index >= 15 is 0 Å². The van der Waals surface area contributed by atoms with Gasteiger partial charge in [-0.3, -0.25) is 4.90 Å². The lowest BCUT2D eigenvalue weighted by Crippen LogP contribution is -2.38. The molecular formula is C21H22N6S. The van der Waals surface area contributed by atoms with Gasteiger partial charge in [-0.1, -0.05) is 30.3 Å². The van der Waals surface area contributed by atoms with Crippen molar-refractivity contribution < 1.29 is 0 Å². The Morgan fingerprint density at radius 1 is 1.00 bits per heavy atom. The summed E-state index contributed by atoms with van der Waals surface area (Å²) in [6.45, 7) is 3.23. The maximum absolute atomic E-state index is 4.74. The van der Waals surface area contributed by atoms with Gasteiger partial charge in [-0.2, -0.15) is 15.9 Å². The van der Waals surface area contributed by atoms with Crippen molar-refractivity contribution in [1.82, 2.24) is 24.7 Å². The van der Waals surface area contributed by atoms with Gasteiger partial charge in [0, 0.05) is 36.6 Å². The van der Waals surface area contributed by atoms with Crippen LogP contribution in [-0.2, 0) is 6.54 Å². The molecule has 1 saturated heterocycles. The van der Waals surface area contributed by atoms with Gasteiger partial charge >= 0.3 is 0 Å². The first kappa shape index (κ1) is 17.3. The quantitative estimate of drug-likeness (QED) is 0.560. The van der Waals surface area contributed by atoms with E-state index < -0.39 is 0 Å². The predicted molar refractivity (Wildman–Crippen MR) is 112 cm³/mol. The Morgan fingerprint density at radius 3 is 2.64 bits per heavy atom. The third-order valence-electron chi connectivity index (χ3n) is 5.23. The van der Waals surface area contributed by atoms with Crippen LogP contribution in [0.3, 0.4) is 0 Å². The molecule has 3 aromatic heterocycles.